The number of nitrogens with one attached hydrogen (secondary N) is 4. The lowest BCUT2D eigenvalue weighted by molar-refractivity contribution is -0.144. The number of rotatable bonds is 13. The second-order valence-electron chi connectivity index (χ2n) is 15.6. The van der Waals surface area contributed by atoms with Crippen molar-refractivity contribution in [2.45, 2.75) is 134 Å². The Hall–Kier alpha value is -3.00. The summed E-state index contributed by atoms with van der Waals surface area (Å²) in [5.74, 6) is -2.41. The van der Waals surface area contributed by atoms with Crippen LogP contribution in [0.3, 0.4) is 0 Å². The zero-order chi connectivity index (χ0) is 36.1. The monoisotopic (exact) mass is 706 g/mol. The molecule has 2 heterocycles. The van der Waals surface area contributed by atoms with Crippen molar-refractivity contribution >= 4 is 39.6 Å². The Morgan fingerprint density at radius 3 is 2.29 bits per heavy atom. The summed E-state index contributed by atoms with van der Waals surface area (Å²) < 4.78 is 28.0. The molecule has 0 spiro atoms. The number of unbranched alkanes of at least 4 members (excludes halogenated alkanes) is 1. The molecule has 6 atom stereocenters. The maximum absolute atomic E-state index is 14.5. The van der Waals surface area contributed by atoms with Crippen LogP contribution in [-0.4, -0.2) is 103 Å². The molecule has 0 aromatic rings. The van der Waals surface area contributed by atoms with Gasteiger partial charge in [0, 0.05) is 26.7 Å². The molecule has 4 N–H and O–H groups in total. The Balaban J connectivity index is 1.56. The molecular formula is C35H58N6O7S. The van der Waals surface area contributed by atoms with E-state index in [1.165, 1.54) is 10.4 Å². The fourth-order valence-corrected chi connectivity index (χ4v) is 10.5. The van der Waals surface area contributed by atoms with Crippen molar-refractivity contribution in [1.29, 1.82) is 0 Å². The van der Waals surface area contributed by atoms with Gasteiger partial charge in [0.1, 0.15) is 12.1 Å². The van der Waals surface area contributed by atoms with E-state index in [0.717, 1.165) is 44.9 Å². The molecule has 2 aliphatic carbocycles. The zero-order valence-electron chi connectivity index (χ0n) is 30.0. The number of urea groups is 1. The number of carbonyl (C=O) groups excluding carboxylic acids is 5. The van der Waals surface area contributed by atoms with Crippen molar-refractivity contribution in [2.75, 3.05) is 26.7 Å². The molecule has 5 amide bonds. The zero-order valence-corrected chi connectivity index (χ0v) is 30.8. The van der Waals surface area contributed by atoms with Gasteiger partial charge in [-0.3, -0.25) is 19.2 Å². The van der Waals surface area contributed by atoms with Crippen LogP contribution in [-0.2, 0) is 29.2 Å². The van der Waals surface area contributed by atoms with E-state index in [1.807, 2.05) is 27.7 Å². The van der Waals surface area contributed by atoms with Gasteiger partial charge in [-0.1, -0.05) is 72.3 Å². The van der Waals surface area contributed by atoms with E-state index in [9.17, 15) is 32.4 Å². The van der Waals surface area contributed by atoms with Crippen LogP contribution in [0, 0.1) is 17.3 Å². The normalized spacial score (nSPS) is 27.4. The third-order valence-corrected chi connectivity index (χ3v) is 13.6. The highest BCUT2D eigenvalue weighted by Crippen LogP contribution is 2.43. The van der Waals surface area contributed by atoms with E-state index in [4.69, 9.17) is 0 Å². The van der Waals surface area contributed by atoms with Gasteiger partial charge >= 0.3 is 6.03 Å². The van der Waals surface area contributed by atoms with Crippen molar-refractivity contribution in [3.8, 4) is 0 Å². The molecule has 49 heavy (non-hydrogen) atoms. The number of ketones is 1. The van der Waals surface area contributed by atoms with Crippen LogP contribution in [0.25, 0.3) is 0 Å². The summed E-state index contributed by atoms with van der Waals surface area (Å²) in [6, 6.07) is -3.51. The summed E-state index contributed by atoms with van der Waals surface area (Å²) in [5, 5.41) is 10.6. The predicted octanol–water partition coefficient (Wildman–Crippen LogP) is 2.61. The number of nitrogens with zero attached hydrogens (tertiary/aromatic N) is 2. The Labute approximate surface area is 292 Å². The van der Waals surface area contributed by atoms with Crippen molar-refractivity contribution in [2.24, 2.45) is 17.3 Å². The van der Waals surface area contributed by atoms with Crippen molar-refractivity contribution in [3.63, 3.8) is 0 Å². The quantitative estimate of drug-likeness (QED) is 0.168. The number of likely N-dealkylation sites (tertiary alicyclic amines) is 1. The first kappa shape index (κ1) is 38.8. The Morgan fingerprint density at radius 1 is 1.00 bits per heavy atom. The second kappa shape index (κ2) is 15.9. The molecule has 276 valence electrons. The number of amides is 5. The molecule has 0 aromatic carbocycles. The minimum absolute atomic E-state index is 0.102. The van der Waals surface area contributed by atoms with Crippen molar-refractivity contribution < 1.29 is 32.4 Å². The highest BCUT2D eigenvalue weighted by Gasteiger charge is 2.54. The lowest BCUT2D eigenvalue weighted by atomic mass is 9.78. The van der Waals surface area contributed by atoms with Gasteiger partial charge in [-0.25, -0.2) is 17.5 Å². The molecule has 0 aromatic heterocycles. The van der Waals surface area contributed by atoms with E-state index in [1.54, 1.807) is 11.9 Å². The maximum atomic E-state index is 14.5. The van der Waals surface area contributed by atoms with Gasteiger partial charge < -0.3 is 26.2 Å². The van der Waals surface area contributed by atoms with E-state index >= 15 is 0 Å². The number of sulfonamides is 1. The first-order valence-electron chi connectivity index (χ1n) is 18.1. The summed E-state index contributed by atoms with van der Waals surface area (Å²) >= 11 is 0. The summed E-state index contributed by atoms with van der Waals surface area (Å²) in [6.07, 6.45) is 9.72. The molecule has 4 aliphatic rings. The van der Waals surface area contributed by atoms with Crippen molar-refractivity contribution in [1.82, 2.24) is 30.5 Å². The Bertz CT molecular complexity index is 1370. The third-order valence-electron chi connectivity index (χ3n) is 11.2. The Morgan fingerprint density at radius 2 is 1.69 bits per heavy atom. The van der Waals surface area contributed by atoms with Crippen LogP contribution >= 0.6 is 0 Å². The number of hydrogen-bond donors (Lipinski definition) is 4. The highest BCUT2D eigenvalue weighted by atomic mass is 32.2. The molecule has 0 bridgehead atoms. The largest absolute Gasteiger partial charge is 0.346 e. The summed E-state index contributed by atoms with van der Waals surface area (Å²) in [4.78, 5) is 69.7. The SMILES string of the molecule is C=CCNC(=O)C(=O)[C@H](CCCC)NC(=O)[C@@H]1[C@H]2CCC[C@H]2CN1C(=O)[C@@H](NC(=O)NC1([C@H]2CCN(C)S2(=O)=O)CCCCC1)C(C)(C)C. The van der Waals surface area contributed by atoms with Gasteiger partial charge in [0.15, 0.2) is 0 Å². The smallest absolute Gasteiger partial charge is 0.315 e. The summed E-state index contributed by atoms with van der Waals surface area (Å²) in [7, 11) is -2.03. The van der Waals surface area contributed by atoms with Gasteiger partial charge in [-0.05, 0) is 55.8 Å². The number of carbonyl (C=O) groups is 5. The summed E-state index contributed by atoms with van der Waals surface area (Å²) in [6.45, 7) is 11.9. The molecule has 4 fully saturated rings. The third kappa shape index (κ3) is 8.49. The molecule has 4 rings (SSSR count). The van der Waals surface area contributed by atoms with Crippen LogP contribution in [0.5, 0.6) is 0 Å². The lowest BCUT2D eigenvalue weighted by Crippen LogP contribution is -2.65. The first-order chi connectivity index (χ1) is 23.1. The molecule has 13 nitrogen and oxygen atoms in total. The van der Waals surface area contributed by atoms with Gasteiger partial charge in [0.05, 0.1) is 16.8 Å². The molecule has 2 saturated heterocycles. The fourth-order valence-electron chi connectivity index (χ4n) is 8.48. The fraction of sp³-hybridized carbons (Fsp3) is 0.800. The molecule has 2 aliphatic heterocycles. The van der Waals surface area contributed by atoms with Gasteiger partial charge in [-0.15, -0.1) is 6.58 Å². The minimum atomic E-state index is -3.60. The van der Waals surface area contributed by atoms with E-state index in [0.29, 0.717) is 38.8 Å². The molecule has 0 unspecified atom stereocenters. The first-order valence-corrected chi connectivity index (χ1v) is 19.6. The average Bonchev–Trinajstić information content (AvgIpc) is 3.72. The number of hydrogen-bond acceptors (Lipinski definition) is 7. The van der Waals surface area contributed by atoms with Gasteiger partial charge in [0.2, 0.25) is 27.6 Å². The van der Waals surface area contributed by atoms with Gasteiger partial charge in [0.25, 0.3) is 5.91 Å². The van der Waals surface area contributed by atoms with E-state index in [-0.39, 0.29) is 24.8 Å². The highest BCUT2D eigenvalue weighted by molar-refractivity contribution is 7.90. The van der Waals surface area contributed by atoms with Crippen LogP contribution < -0.4 is 21.3 Å². The molecule has 0 radical (unpaired) electrons. The lowest BCUT2D eigenvalue weighted by Gasteiger charge is -2.43. The second-order valence-corrected chi connectivity index (χ2v) is 17.8. The number of Topliss-reactive ketones (excluding diaryl/α,β-unsaturated/α-hetero) is 1. The topological polar surface area (TPSA) is 174 Å². The van der Waals surface area contributed by atoms with Crippen LogP contribution in [0.4, 0.5) is 4.79 Å². The van der Waals surface area contributed by atoms with E-state index < -0.39 is 73.9 Å². The molecular weight excluding hydrogens is 648 g/mol. The van der Waals surface area contributed by atoms with Gasteiger partial charge in [-0.2, -0.15) is 0 Å². The summed E-state index contributed by atoms with van der Waals surface area (Å²) in [5.41, 5.74) is -1.70. The van der Waals surface area contributed by atoms with Crippen LogP contribution in [0.15, 0.2) is 12.7 Å². The average molecular weight is 707 g/mol. The predicted molar refractivity (Wildman–Crippen MR) is 187 cm³/mol. The van der Waals surface area contributed by atoms with E-state index in [2.05, 4.69) is 27.8 Å². The minimum Gasteiger partial charge on any atom is -0.346 e. The van der Waals surface area contributed by atoms with Crippen LogP contribution in [0.1, 0.15) is 105 Å². The number of fused-ring (bicyclic) bond motifs is 1. The maximum Gasteiger partial charge on any atom is 0.315 e. The molecule has 2 saturated carbocycles. The Kier molecular flexibility index (Phi) is 12.6. The molecule has 14 heteroatoms. The van der Waals surface area contributed by atoms with Crippen molar-refractivity contribution in [3.05, 3.63) is 12.7 Å². The standard InChI is InChI=1S/C35H58N6O7S/c1-7-9-16-25(28(42)31(44)36-20-8-2)37-30(43)27-24-15-13-14-23(24)22-41(27)32(45)29(34(3,4)5)38-33(46)39-35(18-11-10-12-19-35)26-17-21-40(6)49(26,47)48/h8,23-27,29H,2,7,9-22H2,1,3-6H3,(H,36,44)(H,37,43)(H2,38,39,46)/t23-,24-,25-,26+,27-,29+/m0/s1. The van der Waals surface area contributed by atoms with Crippen LogP contribution in [0.2, 0.25) is 0 Å².